The summed E-state index contributed by atoms with van der Waals surface area (Å²) in [4.78, 5) is 15.5. The molecule has 0 N–H and O–H groups in total. The molecule has 1 aromatic carbocycles. The van der Waals surface area contributed by atoms with E-state index in [4.69, 9.17) is 0 Å². The van der Waals surface area contributed by atoms with Crippen LogP contribution in [0.25, 0.3) is 10.6 Å². The molecule has 0 unspecified atom stereocenters. The number of aryl methyl sites for hydroxylation is 2. The summed E-state index contributed by atoms with van der Waals surface area (Å²) in [6.07, 6.45) is 0. The number of ether oxygens (including phenoxy) is 1. The fourth-order valence-corrected chi connectivity index (χ4v) is 2.65. The zero-order valence-corrected chi connectivity index (χ0v) is 10.5. The van der Waals surface area contributed by atoms with Gasteiger partial charge in [0.05, 0.1) is 10.6 Å². The van der Waals surface area contributed by atoms with Crippen molar-refractivity contribution in [2.75, 3.05) is 0 Å². The van der Waals surface area contributed by atoms with Gasteiger partial charge in [-0.25, -0.2) is 9.78 Å². The van der Waals surface area contributed by atoms with Crippen LogP contribution in [0.4, 0.5) is 0 Å². The number of benzene rings is 1. The van der Waals surface area contributed by atoms with Crippen molar-refractivity contribution in [3.63, 3.8) is 0 Å². The summed E-state index contributed by atoms with van der Waals surface area (Å²) in [5, 5.41) is 0.963. The normalized spacial score (nSPS) is 10.2. The summed E-state index contributed by atoms with van der Waals surface area (Å²) in [6.45, 7) is 5.66. The molecule has 0 amide bonds. The minimum Gasteiger partial charge on any atom is -0.451 e. The van der Waals surface area contributed by atoms with Gasteiger partial charge in [0.2, 0.25) is 0 Å². The fourth-order valence-electron chi connectivity index (χ4n) is 1.59. The van der Waals surface area contributed by atoms with Crippen LogP contribution in [0.2, 0.25) is 0 Å². The SMILES string of the molecule is Cc1ccccc1-c1nc(C)c(CO[C]=O)s1. The third kappa shape index (κ3) is 2.53. The van der Waals surface area contributed by atoms with E-state index in [-0.39, 0.29) is 6.61 Å². The van der Waals surface area contributed by atoms with Crippen molar-refractivity contribution in [3.8, 4) is 10.6 Å². The fraction of sp³-hybridized carbons (Fsp3) is 0.231. The van der Waals surface area contributed by atoms with Crippen LogP contribution >= 0.6 is 11.3 Å². The highest BCUT2D eigenvalue weighted by Gasteiger charge is 2.11. The molecule has 0 aliphatic heterocycles. The van der Waals surface area contributed by atoms with Crippen molar-refractivity contribution in [1.82, 2.24) is 4.98 Å². The molecule has 0 spiro atoms. The maximum atomic E-state index is 10.1. The van der Waals surface area contributed by atoms with Crippen molar-refractivity contribution >= 4 is 17.8 Å². The second kappa shape index (κ2) is 5.10. The van der Waals surface area contributed by atoms with Gasteiger partial charge < -0.3 is 4.74 Å². The Morgan fingerprint density at radius 1 is 1.35 bits per heavy atom. The van der Waals surface area contributed by atoms with E-state index in [1.807, 2.05) is 25.1 Å². The summed E-state index contributed by atoms with van der Waals surface area (Å²) in [7, 11) is 0. The third-order valence-electron chi connectivity index (χ3n) is 2.53. The number of nitrogens with zero attached hydrogens (tertiary/aromatic N) is 1. The Labute approximate surface area is 104 Å². The van der Waals surface area contributed by atoms with Gasteiger partial charge in [0.25, 0.3) is 0 Å². The molecule has 1 radical (unpaired) electrons. The lowest BCUT2D eigenvalue weighted by atomic mass is 10.1. The Hall–Kier alpha value is -1.68. The Morgan fingerprint density at radius 2 is 2.12 bits per heavy atom. The predicted molar refractivity (Wildman–Crippen MR) is 67.5 cm³/mol. The van der Waals surface area contributed by atoms with E-state index in [1.54, 1.807) is 11.3 Å². The van der Waals surface area contributed by atoms with Crippen LogP contribution in [0.15, 0.2) is 24.3 Å². The van der Waals surface area contributed by atoms with Crippen LogP contribution in [0.1, 0.15) is 16.1 Å². The first-order valence-electron chi connectivity index (χ1n) is 5.23. The molecule has 0 bridgehead atoms. The highest BCUT2D eigenvalue weighted by atomic mass is 32.1. The van der Waals surface area contributed by atoms with Crippen LogP contribution in [0.5, 0.6) is 0 Å². The molecule has 2 aromatic rings. The second-order valence-corrected chi connectivity index (χ2v) is 4.80. The molecule has 1 heterocycles. The first kappa shape index (κ1) is 11.8. The van der Waals surface area contributed by atoms with Crippen molar-refractivity contribution in [3.05, 3.63) is 40.4 Å². The standard InChI is InChI=1S/C13H12NO2S/c1-9-5-3-4-6-11(9)13-14-10(2)12(17-13)7-16-8-15/h3-6H,7H2,1-2H3. The lowest BCUT2D eigenvalue weighted by Gasteiger charge is -1.99. The molecule has 87 valence electrons. The summed E-state index contributed by atoms with van der Waals surface area (Å²) >= 11 is 1.55. The molecule has 3 nitrogen and oxygen atoms in total. The van der Waals surface area contributed by atoms with Gasteiger partial charge in [0, 0.05) is 5.56 Å². The van der Waals surface area contributed by atoms with Crippen LogP contribution < -0.4 is 0 Å². The third-order valence-corrected chi connectivity index (χ3v) is 3.69. The number of thiazole rings is 1. The van der Waals surface area contributed by atoms with E-state index in [0.29, 0.717) is 0 Å². The summed E-state index contributed by atoms with van der Waals surface area (Å²) in [5.74, 6) is 0. The van der Waals surface area contributed by atoms with E-state index < -0.39 is 0 Å². The largest absolute Gasteiger partial charge is 0.451 e. The average molecular weight is 246 g/mol. The molecule has 0 atom stereocenters. The first-order chi connectivity index (χ1) is 8.22. The molecule has 0 aliphatic rings. The maximum Gasteiger partial charge on any atom is 0.417 e. The lowest BCUT2D eigenvalue weighted by Crippen LogP contribution is -1.88. The minimum absolute atomic E-state index is 0.249. The molecule has 17 heavy (non-hydrogen) atoms. The second-order valence-electron chi connectivity index (χ2n) is 3.71. The summed E-state index contributed by atoms with van der Waals surface area (Å²) in [6, 6.07) is 8.10. The molecular weight excluding hydrogens is 234 g/mol. The predicted octanol–water partition coefficient (Wildman–Crippen LogP) is 3.01. The Kier molecular flexibility index (Phi) is 3.54. The summed E-state index contributed by atoms with van der Waals surface area (Å²) in [5.41, 5.74) is 3.22. The van der Waals surface area contributed by atoms with Crippen LogP contribution in [0, 0.1) is 13.8 Å². The number of aromatic nitrogens is 1. The molecular formula is C13H12NO2S. The number of rotatable bonds is 4. The van der Waals surface area contributed by atoms with E-state index in [0.717, 1.165) is 21.1 Å². The average Bonchev–Trinajstić information content (AvgIpc) is 2.68. The molecule has 1 aromatic heterocycles. The molecule has 0 saturated carbocycles. The Balaban J connectivity index is 2.34. The highest BCUT2D eigenvalue weighted by molar-refractivity contribution is 7.15. The van der Waals surface area contributed by atoms with Gasteiger partial charge in [-0.1, -0.05) is 24.3 Å². The van der Waals surface area contributed by atoms with Crippen molar-refractivity contribution in [1.29, 1.82) is 0 Å². The van der Waals surface area contributed by atoms with Crippen molar-refractivity contribution in [2.24, 2.45) is 0 Å². The van der Waals surface area contributed by atoms with Gasteiger partial charge >= 0.3 is 6.47 Å². The smallest absolute Gasteiger partial charge is 0.417 e. The van der Waals surface area contributed by atoms with Gasteiger partial charge in [-0.3, -0.25) is 0 Å². The Bertz CT molecular complexity index is 534. The van der Waals surface area contributed by atoms with E-state index in [1.165, 1.54) is 12.0 Å². The van der Waals surface area contributed by atoms with Crippen LogP contribution in [-0.2, 0) is 16.1 Å². The van der Waals surface area contributed by atoms with Gasteiger partial charge in [-0.2, -0.15) is 0 Å². The zero-order valence-electron chi connectivity index (χ0n) is 9.69. The Morgan fingerprint density at radius 3 is 2.82 bits per heavy atom. The van der Waals surface area contributed by atoms with Crippen LogP contribution in [0.3, 0.4) is 0 Å². The molecule has 4 heteroatoms. The van der Waals surface area contributed by atoms with Crippen molar-refractivity contribution < 1.29 is 9.53 Å². The highest BCUT2D eigenvalue weighted by Crippen LogP contribution is 2.30. The van der Waals surface area contributed by atoms with Gasteiger partial charge in [0.15, 0.2) is 0 Å². The number of hydrogen-bond acceptors (Lipinski definition) is 4. The molecule has 2 rings (SSSR count). The topological polar surface area (TPSA) is 39.2 Å². The van der Waals surface area contributed by atoms with E-state index in [9.17, 15) is 4.79 Å². The van der Waals surface area contributed by atoms with Crippen LogP contribution in [-0.4, -0.2) is 11.5 Å². The lowest BCUT2D eigenvalue weighted by molar-refractivity contribution is 0.269. The molecule has 0 saturated heterocycles. The monoisotopic (exact) mass is 246 g/mol. The van der Waals surface area contributed by atoms with Crippen molar-refractivity contribution in [2.45, 2.75) is 20.5 Å². The maximum absolute atomic E-state index is 10.1. The number of carbonyl (C=O) groups excluding carboxylic acids is 1. The van der Waals surface area contributed by atoms with E-state index >= 15 is 0 Å². The molecule has 0 aliphatic carbocycles. The first-order valence-corrected chi connectivity index (χ1v) is 6.05. The van der Waals surface area contributed by atoms with Gasteiger partial charge in [0.1, 0.15) is 11.6 Å². The van der Waals surface area contributed by atoms with E-state index in [2.05, 4.69) is 22.7 Å². The summed E-state index contributed by atoms with van der Waals surface area (Å²) < 4.78 is 4.64. The van der Waals surface area contributed by atoms with Gasteiger partial charge in [-0.15, -0.1) is 11.3 Å². The quantitative estimate of drug-likeness (QED) is 0.832. The number of hydrogen-bond donors (Lipinski definition) is 0. The van der Waals surface area contributed by atoms with Gasteiger partial charge in [-0.05, 0) is 19.4 Å². The molecule has 0 fully saturated rings. The minimum atomic E-state index is 0.249. The zero-order chi connectivity index (χ0) is 12.3.